The molecule has 7 nitrogen and oxygen atoms in total. The van der Waals surface area contributed by atoms with Gasteiger partial charge < -0.3 is 19.1 Å². The van der Waals surface area contributed by atoms with Gasteiger partial charge in [-0.1, -0.05) is 11.6 Å². The number of carbonyl (C=O) groups is 1. The Bertz CT molecular complexity index is 1780. The van der Waals surface area contributed by atoms with E-state index in [-0.39, 0.29) is 35.2 Å². The van der Waals surface area contributed by atoms with Crippen LogP contribution in [-0.2, 0) is 37.0 Å². The lowest BCUT2D eigenvalue weighted by atomic mass is 9.91. The molecule has 3 aromatic carbocycles. The SMILES string of the molecule is C[C@H]1c2cc(OCc3c(F)cc(Cl)cc3F)c(C(F)(F)F)cc2CCN1Cc1nc2c(F)cc(C(=O)O)cc2n1C[C@@H]1CCO1. The third kappa shape index (κ3) is 6.08. The second kappa shape index (κ2) is 11.8. The Kier molecular flexibility index (Phi) is 8.21. The molecule has 45 heavy (non-hydrogen) atoms. The summed E-state index contributed by atoms with van der Waals surface area (Å²) in [7, 11) is 0. The number of halogens is 7. The second-order valence-corrected chi connectivity index (χ2v) is 11.6. The van der Waals surface area contributed by atoms with Crippen LogP contribution in [0.1, 0.15) is 57.8 Å². The quantitative estimate of drug-likeness (QED) is 0.201. The van der Waals surface area contributed by atoms with Crippen LogP contribution in [0, 0.1) is 17.5 Å². The van der Waals surface area contributed by atoms with Crippen molar-refractivity contribution < 1.29 is 45.7 Å². The third-order valence-corrected chi connectivity index (χ3v) is 8.57. The molecule has 1 fully saturated rings. The lowest BCUT2D eigenvalue weighted by Crippen LogP contribution is -2.36. The first-order valence-corrected chi connectivity index (χ1v) is 14.5. The minimum Gasteiger partial charge on any atom is -0.488 e. The number of imidazole rings is 1. The number of nitrogens with zero attached hydrogens (tertiary/aromatic N) is 3. The van der Waals surface area contributed by atoms with Crippen molar-refractivity contribution in [1.29, 1.82) is 0 Å². The molecule has 0 unspecified atom stereocenters. The van der Waals surface area contributed by atoms with Crippen LogP contribution in [0.25, 0.3) is 11.0 Å². The molecule has 14 heteroatoms. The van der Waals surface area contributed by atoms with E-state index < -0.39 is 59.1 Å². The first-order chi connectivity index (χ1) is 21.3. The molecule has 1 saturated heterocycles. The summed E-state index contributed by atoms with van der Waals surface area (Å²) in [6.45, 7) is 2.40. The fourth-order valence-electron chi connectivity index (χ4n) is 5.81. The highest BCUT2D eigenvalue weighted by Crippen LogP contribution is 2.42. The number of alkyl halides is 3. The molecule has 3 heterocycles. The number of benzene rings is 3. The molecule has 1 N–H and O–H groups in total. The smallest absolute Gasteiger partial charge is 0.419 e. The molecule has 0 aliphatic carbocycles. The second-order valence-electron chi connectivity index (χ2n) is 11.1. The molecule has 0 saturated carbocycles. The van der Waals surface area contributed by atoms with Crippen molar-refractivity contribution in [3.05, 3.63) is 92.5 Å². The average molecular weight is 654 g/mol. The topological polar surface area (TPSA) is 76.8 Å². The summed E-state index contributed by atoms with van der Waals surface area (Å²) < 4.78 is 98.6. The highest BCUT2D eigenvalue weighted by molar-refractivity contribution is 6.30. The van der Waals surface area contributed by atoms with Crippen molar-refractivity contribution in [1.82, 2.24) is 14.5 Å². The highest BCUT2D eigenvalue weighted by atomic mass is 35.5. The summed E-state index contributed by atoms with van der Waals surface area (Å²) in [6, 6.07) is 5.74. The molecule has 0 spiro atoms. The van der Waals surface area contributed by atoms with Crippen LogP contribution in [0.3, 0.4) is 0 Å². The Hall–Kier alpha value is -3.81. The molecule has 2 aliphatic heterocycles. The van der Waals surface area contributed by atoms with Gasteiger partial charge in [0.25, 0.3) is 0 Å². The van der Waals surface area contributed by atoms with Crippen LogP contribution in [0.2, 0.25) is 5.02 Å². The van der Waals surface area contributed by atoms with Gasteiger partial charge in [-0.15, -0.1) is 0 Å². The number of aromatic nitrogens is 2. The van der Waals surface area contributed by atoms with Gasteiger partial charge in [0.05, 0.1) is 41.4 Å². The van der Waals surface area contributed by atoms with Crippen LogP contribution in [0.4, 0.5) is 26.3 Å². The van der Waals surface area contributed by atoms with Gasteiger partial charge in [-0.3, -0.25) is 4.90 Å². The zero-order valence-corrected chi connectivity index (χ0v) is 24.5. The molecule has 1 aromatic heterocycles. The van der Waals surface area contributed by atoms with E-state index in [1.807, 2.05) is 4.90 Å². The molecule has 238 valence electrons. The van der Waals surface area contributed by atoms with E-state index in [4.69, 9.17) is 21.1 Å². The number of hydrogen-bond donors (Lipinski definition) is 1. The molecular weight excluding hydrogens is 628 g/mol. The summed E-state index contributed by atoms with van der Waals surface area (Å²) >= 11 is 5.66. The first-order valence-electron chi connectivity index (χ1n) is 14.1. The van der Waals surface area contributed by atoms with E-state index in [0.717, 1.165) is 30.7 Å². The van der Waals surface area contributed by atoms with E-state index in [1.54, 1.807) is 11.5 Å². The number of carboxylic acid groups (broad SMARTS) is 1. The third-order valence-electron chi connectivity index (χ3n) is 8.35. The van der Waals surface area contributed by atoms with Gasteiger partial charge in [-0.2, -0.15) is 13.2 Å². The standard InChI is InChI=1S/C31H26ClF6N3O4/c1-15-20-11-27(45-14-21-23(33)9-18(32)10-24(21)34)22(31(36,37)38)6-16(20)2-4-40(15)13-28-39-29-25(35)7-17(30(42)43)8-26(29)41(28)12-19-3-5-44-19/h6-11,15,19H,2-5,12-14H2,1H3,(H,42,43)/t15-,19-/m0/s1. The number of ether oxygens (including phenoxy) is 2. The minimum atomic E-state index is -4.80. The number of hydrogen-bond acceptors (Lipinski definition) is 5. The van der Waals surface area contributed by atoms with E-state index >= 15 is 0 Å². The van der Waals surface area contributed by atoms with Crippen molar-refractivity contribution in [2.24, 2.45) is 0 Å². The molecule has 6 rings (SSSR count). The maximum atomic E-state index is 15.0. The maximum Gasteiger partial charge on any atom is 0.419 e. The van der Waals surface area contributed by atoms with Gasteiger partial charge in [-0.25, -0.2) is 22.9 Å². The Morgan fingerprint density at radius 1 is 1.11 bits per heavy atom. The monoisotopic (exact) mass is 653 g/mol. The van der Waals surface area contributed by atoms with Crippen molar-refractivity contribution in [2.45, 2.75) is 57.8 Å². The van der Waals surface area contributed by atoms with Crippen LogP contribution in [-0.4, -0.2) is 44.8 Å². The molecular formula is C31H26ClF6N3O4. The van der Waals surface area contributed by atoms with Crippen LogP contribution in [0.5, 0.6) is 5.75 Å². The zero-order chi connectivity index (χ0) is 32.2. The van der Waals surface area contributed by atoms with Crippen LogP contribution in [0.15, 0.2) is 36.4 Å². The highest BCUT2D eigenvalue weighted by Gasteiger charge is 2.38. The lowest BCUT2D eigenvalue weighted by molar-refractivity contribution is -0.139. The van der Waals surface area contributed by atoms with E-state index in [0.29, 0.717) is 42.2 Å². The average Bonchev–Trinajstić information content (AvgIpc) is 3.28. The Morgan fingerprint density at radius 2 is 1.82 bits per heavy atom. The largest absolute Gasteiger partial charge is 0.488 e. The number of fused-ring (bicyclic) bond motifs is 2. The van der Waals surface area contributed by atoms with Gasteiger partial charge in [0, 0.05) is 24.2 Å². The predicted molar refractivity (Wildman–Crippen MR) is 151 cm³/mol. The Balaban J connectivity index is 1.33. The fourth-order valence-corrected chi connectivity index (χ4v) is 6.00. The van der Waals surface area contributed by atoms with E-state index in [2.05, 4.69) is 4.98 Å². The summed E-state index contributed by atoms with van der Waals surface area (Å²) in [6.07, 6.45) is -3.95. The number of rotatable bonds is 8. The lowest BCUT2D eigenvalue weighted by Gasteiger charge is -2.36. The van der Waals surface area contributed by atoms with Crippen molar-refractivity contribution in [3.63, 3.8) is 0 Å². The normalized spacial score (nSPS) is 18.6. The fraction of sp³-hybridized carbons (Fsp3) is 0.355. The van der Waals surface area contributed by atoms with Crippen molar-refractivity contribution >= 4 is 28.6 Å². The van der Waals surface area contributed by atoms with Gasteiger partial charge in [0.1, 0.15) is 35.3 Å². The summed E-state index contributed by atoms with van der Waals surface area (Å²) in [4.78, 5) is 18.1. The number of carboxylic acids is 1. The summed E-state index contributed by atoms with van der Waals surface area (Å²) in [5, 5.41) is 9.27. The van der Waals surface area contributed by atoms with E-state index in [9.17, 15) is 36.2 Å². The summed E-state index contributed by atoms with van der Waals surface area (Å²) in [5.41, 5.74) is -0.590. The van der Waals surface area contributed by atoms with Crippen molar-refractivity contribution in [3.8, 4) is 5.75 Å². The molecule has 0 amide bonds. The van der Waals surface area contributed by atoms with Gasteiger partial charge in [0.15, 0.2) is 5.82 Å². The Morgan fingerprint density at radius 3 is 2.44 bits per heavy atom. The zero-order valence-electron chi connectivity index (χ0n) is 23.7. The van der Waals surface area contributed by atoms with Gasteiger partial charge >= 0.3 is 12.1 Å². The maximum absolute atomic E-state index is 15.0. The van der Waals surface area contributed by atoms with Gasteiger partial charge in [0.2, 0.25) is 0 Å². The molecule has 2 aliphatic rings. The molecule has 2 atom stereocenters. The summed E-state index contributed by atoms with van der Waals surface area (Å²) in [5.74, 6) is -4.31. The molecule has 0 radical (unpaired) electrons. The van der Waals surface area contributed by atoms with Crippen molar-refractivity contribution in [2.75, 3.05) is 13.2 Å². The first kappa shape index (κ1) is 31.2. The number of aromatic carboxylic acids is 1. The minimum absolute atomic E-state index is 0.00607. The Labute approximate surface area is 257 Å². The molecule has 0 bridgehead atoms. The van der Waals surface area contributed by atoms with E-state index in [1.165, 1.54) is 12.1 Å². The molecule has 4 aromatic rings. The van der Waals surface area contributed by atoms with Crippen LogP contribution < -0.4 is 4.74 Å². The van der Waals surface area contributed by atoms with Gasteiger partial charge in [-0.05, 0) is 67.3 Å². The van der Waals surface area contributed by atoms with Crippen LogP contribution >= 0.6 is 11.6 Å². The predicted octanol–water partition coefficient (Wildman–Crippen LogP) is 7.31.